The minimum atomic E-state index is -0.158. The van der Waals surface area contributed by atoms with E-state index in [2.05, 4.69) is 34.3 Å². The van der Waals surface area contributed by atoms with Gasteiger partial charge in [0.2, 0.25) is 0 Å². The van der Waals surface area contributed by atoms with Crippen LogP contribution < -0.4 is 5.32 Å². The summed E-state index contributed by atoms with van der Waals surface area (Å²) in [7, 11) is 1.79. The maximum absolute atomic E-state index is 12.5. The molecule has 0 saturated carbocycles. The molecule has 0 unspecified atom stereocenters. The van der Waals surface area contributed by atoms with Gasteiger partial charge in [0.1, 0.15) is 18.3 Å². The number of hydrogen-bond acceptors (Lipinski definition) is 4. The van der Waals surface area contributed by atoms with Gasteiger partial charge in [-0.15, -0.1) is 0 Å². The number of nitrogens with zero attached hydrogens (tertiary/aromatic N) is 5. The molecule has 1 aromatic carbocycles. The third kappa shape index (κ3) is 4.32. The zero-order valence-corrected chi connectivity index (χ0v) is 14.7. The van der Waals surface area contributed by atoms with Gasteiger partial charge >= 0.3 is 0 Å². The SMILES string of the molecule is CC(C)Cc1cc(C(=O)Nc2ccc(Cn3cncn3)cc2)n(C)n1. The Morgan fingerprint density at radius 3 is 2.64 bits per heavy atom. The van der Waals surface area contributed by atoms with E-state index in [1.165, 1.54) is 6.33 Å². The summed E-state index contributed by atoms with van der Waals surface area (Å²) < 4.78 is 3.38. The fraction of sp³-hybridized carbons (Fsp3) is 0.333. The number of carbonyl (C=O) groups excluding carboxylic acids is 1. The van der Waals surface area contributed by atoms with Crippen molar-refractivity contribution >= 4 is 11.6 Å². The summed E-state index contributed by atoms with van der Waals surface area (Å²) in [5.74, 6) is 0.345. The van der Waals surface area contributed by atoms with Crippen molar-refractivity contribution in [3.8, 4) is 0 Å². The van der Waals surface area contributed by atoms with Crippen molar-refractivity contribution in [3.63, 3.8) is 0 Å². The number of anilines is 1. The summed E-state index contributed by atoms with van der Waals surface area (Å²) >= 11 is 0. The lowest BCUT2D eigenvalue weighted by Gasteiger charge is -2.07. The van der Waals surface area contributed by atoms with Crippen LogP contribution in [0.1, 0.15) is 35.6 Å². The van der Waals surface area contributed by atoms with E-state index in [9.17, 15) is 4.79 Å². The lowest BCUT2D eigenvalue weighted by molar-refractivity contribution is 0.101. The molecule has 2 aromatic heterocycles. The number of amides is 1. The Kier molecular flexibility index (Phi) is 4.92. The Labute approximate surface area is 146 Å². The molecule has 7 heteroatoms. The average Bonchev–Trinajstić information content (AvgIpc) is 3.18. The summed E-state index contributed by atoms with van der Waals surface area (Å²) in [4.78, 5) is 16.4. The van der Waals surface area contributed by atoms with Crippen molar-refractivity contribution in [3.05, 3.63) is 59.9 Å². The van der Waals surface area contributed by atoms with Gasteiger partial charge in [0.15, 0.2) is 0 Å². The van der Waals surface area contributed by atoms with Crippen molar-refractivity contribution < 1.29 is 4.79 Å². The number of carbonyl (C=O) groups is 1. The van der Waals surface area contributed by atoms with E-state index in [0.717, 1.165) is 23.4 Å². The van der Waals surface area contributed by atoms with Gasteiger partial charge in [-0.1, -0.05) is 26.0 Å². The predicted octanol–water partition coefficient (Wildman–Crippen LogP) is 2.51. The molecular weight excluding hydrogens is 316 g/mol. The van der Waals surface area contributed by atoms with E-state index in [1.54, 1.807) is 22.7 Å². The number of aryl methyl sites for hydroxylation is 1. The first-order chi connectivity index (χ1) is 12.0. The molecular formula is C18H22N6O. The molecule has 0 spiro atoms. The summed E-state index contributed by atoms with van der Waals surface area (Å²) in [6.45, 7) is 4.92. The fourth-order valence-corrected chi connectivity index (χ4v) is 2.65. The highest BCUT2D eigenvalue weighted by molar-refractivity contribution is 6.03. The van der Waals surface area contributed by atoms with Crippen LogP contribution in [0.2, 0.25) is 0 Å². The topological polar surface area (TPSA) is 77.6 Å². The molecule has 3 aromatic rings. The molecule has 0 fully saturated rings. The smallest absolute Gasteiger partial charge is 0.273 e. The van der Waals surface area contributed by atoms with E-state index < -0.39 is 0 Å². The Morgan fingerprint density at radius 1 is 1.24 bits per heavy atom. The van der Waals surface area contributed by atoms with Gasteiger partial charge < -0.3 is 5.32 Å². The Morgan fingerprint density at radius 2 is 2.00 bits per heavy atom. The van der Waals surface area contributed by atoms with Gasteiger partial charge in [-0.2, -0.15) is 10.2 Å². The summed E-state index contributed by atoms with van der Waals surface area (Å²) in [5.41, 5.74) is 3.33. The highest BCUT2D eigenvalue weighted by Crippen LogP contribution is 2.14. The van der Waals surface area contributed by atoms with E-state index in [-0.39, 0.29) is 5.91 Å². The second-order valence-electron chi connectivity index (χ2n) is 6.49. The van der Waals surface area contributed by atoms with E-state index in [4.69, 9.17) is 0 Å². The third-order valence-electron chi connectivity index (χ3n) is 3.80. The Hall–Kier alpha value is -2.96. The summed E-state index contributed by atoms with van der Waals surface area (Å²) in [5, 5.41) is 11.4. The normalized spacial score (nSPS) is 11.0. The maximum atomic E-state index is 12.5. The van der Waals surface area contributed by atoms with Crippen LogP contribution in [0.5, 0.6) is 0 Å². The van der Waals surface area contributed by atoms with Gasteiger partial charge in [0, 0.05) is 12.7 Å². The molecule has 0 bridgehead atoms. The summed E-state index contributed by atoms with van der Waals surface area (Å²) in [6, 6.07) is 9.55. The largest absolute Gasteiger partial charge is 0.321 e. The molecule has 0 saturated heterocycles. The third-order valence-corrected chi connectivity index (χ3v) is 3.80. The van der Waals surface area contributed by atoms with Gasteiger partial charge in [-0.3, -0.25) is 9.48 Å². The number of nitrogens with one attached hydrogen (secondary N) is 1. The quantitative estimate of drug-likeness (QED) is 0.749. The monoisotopic (exact) mass is 338 g/mol. The van der Waals surface area contributed by atoms with Gasteiger partial charge in [0.25, 0.3) is 5.91 Å². The molecule has 3 rings (SSSR count). The molecule has 0 aliphatic heterocycles. The van der Waals surface area contributed by atoms with E-state index >= 15 is 0 Å². The molecule has 1 amide bonds. The highest BCUT2D eigenvalue weighted by atomic mass is 16.2. The molecule has 0 atom stereocenters. The minimum Gasteiger partial charge on any atom is -0.321 e. The molecule has 0 aliphatic rings. The number of benzene rings is 1. The molecule has 2 heterocycles. The molecule has 0 aliphatic carbocycles. The molecule has 25 heavy (non-hydrogen) atoms. The predicted molar refractivity (Wildman–Crippen MR) is 95.3 cm³/mol. The maximum Gasteiger partial charge on any atom is 0.273 e. The van der Waals surface area contributed by atoms with Crippen LogP contribution in [0, 0.1) is 5.92 Å². The second-order valence-corrected chi connectivity index (χ2v) is 6.49. The average molecular weight is 338 g/mol. The lowest BCUT2D eigenvalue weighted by Crippen LogP contribution is -2.16. The highest BCUT2D eigenvalue weighted by Gasteiger charge is 2.14. The zero-order chi connectivity index (χ0) is 17.8. The molecule has 130 valence electrons. The fourth-order valence-electron chi connectivity index (χ4n) is 2.65. The van der Waals surface area contributed by atoms with Crippen LogP contribution in [-0.2, 0) is 20.0 Å². The standard InChI is InChI=1S/C18H22N6O/c1-13(2)8-16-9-17(23(3)22-16)18(25)21-15-6-4-14(5-7-15)10-24-12-19-11-20-24/h4-7,9,11-13H,8,10H2,1-3H3,(H,21,25). The van der Waals surface area contributed by atoms with Crippen molar-refractivity contribution in [2.75, 3.05) is 5.32 Å². The Balaban J connectivity index is 1.65. The van der Waals surface area contributed by atoms with Gasteiger partial charge in [-0.25, -0.2) is 9.67 Å². The molecule has 0 radical (unpaired) electrons. The lowest BCUT2D eigenvalue weighted by atomic mass is 10.1. The van der Waals surface area contributed by atoms with E-state index in [1.807, 2.05) is 30.3 Å². The van der Waals surface area contributed by atoms with Crippen LogP contribution in [0.15, 0.2) is 43.0 Å². The van der Waals surface area contributed by atoms with Crippen molar-refractivity contribution in [1.82, 2.24) is 24.5 Å². The molecule has 1 N–H and O–H groups in total. The van der Waals surface area contributed by atoms with Crippen LogP contribution in [0.3, 0.4) is 0 Å². The van der Waals surface area contributed by atoms with Crippen LogP contribution in [0.25, 0.3) is 0 Å². The first-order valence-corrected chi connectivity index (χ1v) is 8.27. The van der Waals surface area contributed by atoms with Crippen molar-refractivity contribution in [2.24, 2.45) is 13.0 Å². The van der Waals surface area contributed by atoms with Crippen LogP contribution in [0.4, 0.5) is 5.69 Å². The van der Waals surface area contributed by atoms with Crippen molar-refractivity contribution in [2.45, 2.75) is 26.8 Å². The first-order valence-electron chi connectivity index (χ1n) is 8.27. The zero-order valence-electron chi connectivity index (χ0n) is 14.7. The first kappa shape index (κ1) is 16.9. The van der Waals surface area contributed by atoms with Gasteiger partial charge in [-0.05, 0) is 36.1 Å². The minimum absolute atomic E-state index is 0.158. The van der Waals surface area contributed by atoms with Crippen LogP contribution in [-0.4, -0.2) is 30.5 Å². The number of aromatic nitrogens is 5. The molecule has 7 nitrogen and oxygen atoms in total. The Bertz CT molecular complexity index is 833. The number of hydrogen-bond donors (Lipinski definition) is 1. The van der Waals surface area contributed by atoms with Gasteiger partial charge in [0.05, 0.1) is 12.2 Å². The number of rotatable bonds is 6. The van der Waals surface area contributed by atoms with E-state index in [0.29, 0.717) is 18.2 Å². The van der Waals surface area contributed by atoms with Crippen LogP contribution >= 0.6 is 0 Å². The van der Waals surface area contributed by atoms with Crippen molar-refractivity contribution in [1.29, 1.82) is 0 Å². The summed E-state index contributed by atoms with van der Waals surface area (Å²) in [6.07, 6.45) is 4.04. The second kappa shape index (κ2) is 7.29.